The van der Waals surface area contributed by atoms with Crippen LogP contribution < -0.4 is 10.4 Å². The summed E-state index contributed by atoms with van der Waals surface area (Å²) >= 11 is 0. The van der Waals surface area contributed by atoms with E-state index in [9.17, 15) is 0 Å². The van der Waals surface area contributed by atoms with Crippen molar-refractivity contribution in [3.63, 3.8) is 0 Å². The molecular weight excluding hydrogens is 480 g/mol. The number of allylic oxidation sites excluding steroid dienone is 4. The van der Waals surface area contributed by atoms with Gasteiger partial charge in [-0.25, -0.2) is 0 Å². The van der Waals surface area contributed by atoms with Crippen molar-refractivity contribution in [2.45, 2.75) is 0 Å². The Bertz CT molecular complexity index is 2110. The molecule has 6 aromatic carbocycles. The van der Waals surface area contributed by atoms with E-state index in [1.807, 2.05) is 0 Å². The highest BCUT2D eigenvalue weighted by molar-refractivity contribution is 6.04. The zero-order valence-corrected chi connectivity index (χ0v) is 22.2. The maximum absolute atomic E-state index is 2.41. The molecule has 2 atom stereocenters. The molecule has 0 saturated heterocycles. The van der Waals surface area contributed by atoms with Crippen LogP contribution in [-0.2, 0) is 0 Å². The molecule has 188 valence electrons. The molecule has 0 aromatic heterocycles. The zero-order chi connectivity index (χ0) is 26.5. The van der Waals surface area contributed by atoms with Crippen LogP contribution in [0.1, 0.15) is 11.1 Å². The molecule has 2 unspecified atom stereocenters. The van der Waals surface area contributed by atoms with Crippen molar-refractivity contribution in [3.05, 3.63) is 179 Å². The molecule has 0 heteroatoms. The van der Waals surface area contributed by atoms with Crippen molar-refractivity contribution in [3.8, 4) is 11.1 Å². The Morgan fingerprint density at radius 1 is 0.375 bits per heavy atom. The van der Waals surface area contributed by atoms with E-state index >= 15 is 0 Å². The predicted octanol–water partition coefficient (Wildman–Crippen LogP) is 8.43. The van der Waals surface area contributed by atoms with Crippen LogP contribution >= 0.6 is 0 Å². The Morgan fingerprint density at radius 3 is 1.73 bits per heavy atom. The summed E-state index contributed by atoms with van der Waals surface area (Å²) < 4.78 is 0. The summed E-state index contributed by atoms with van der Waals surface area (Å²) in [7, 11) is 0. The van der Waals surface area contributed by atoms with Crippen molar-refractivity contribution in [1.29, 1.82) is 0 Å². The van der Waals surface area contributed by atoms with Crippen LogP contribution in [0.3, 0.4) is 0 Å². The van der Waals surface area contributed by atoms with Gasteiger partial charge >= 0.3 is 0 Å². The van der Waals surface area contributed by atoms with Gasteiger partial charge in [0.1, 0.15) is 0 Å². The fourth-order valence-electron chi connectivity index (χ4n) is 6.90. The van der Waals surface area contributed by atoms with Crippen molar-refractivity contribution in [2.24, 2.45) is 11.8 Å². The molecule has 0 amide bonds. The number of fused-ring (bicyclic) bond motifs is 4. The van der Waals surface area contributed by atoms with E-state index in [1.54, 1.807) is 0 Å². The molecule has 0 heterocycles. The first kappa shape index (κ1) is 23.0. The highest BCUT2D eigenvalue weighted by Gasteiger charge is 2.32. The lowest BCUT2D eigenvalue weighted by Crippen LogP contribution is -2.40. The Balaban J connectivity index is 1.43. The van der Waals surface area contributed by atoms with Gasteiger partial charge in [-0.3, -0.25) is 0 Å². The molecule has 2 aliphatic carbocycles. The quantitative estimate of drug-likeness (QED) is 0.225. The van der Waals surface area contributed by atoms with Crippen LogP contribution in [-0.4, -0.2) is 0 Å². The first-order valence-electron chi connectivity index (χ1n) is 14.1. The zero-order valence-electron chi connectivity index (χ0n) is 22.2. The van der Waals surface area contributed by atoms with Crippen LogP contribution in [0.25, 0.3) is 43.8 Å². The molecule has 0 fully saturated rings. The minimum atomic E-state index is 0.269. The Labute approximate surface area is 234 Å². The van der Waals surface area contributed by atoms with Crippen LogP contribution in [0.2, 0.25) is 0 Å². The molecular formula is C40H28. The highest BCUT2D eigenvalue weighted by atomic mass is 14.3. The van der Waals surface area contributed by atoms with Gasteiger partial charge in [-0.1, -0.05) is 152 Å². The molecule has 0 aliphatic heterocycles. The number of hydrogen-bond donors (Lipinski definition) is 0. The molecule has 0 radical (unpaired) electrons. The van der Waals surface area contributed by atoms with Crippen molar-refractivity contribution in [1.82, 2.24) is 0 Å². The lowest BCUT2D eigenvalue weighted by Gasteiger charge is -2.34. The van der Waals surface area contributed by atoms with Gasteiger partial charge in [0.2, 0.25) is 0 Å². The topological polar surface area (TPSA) is 0 Å². The lowest BCUT2D eigenvalue weighted by molar-refractivity contribution is 0.687. The van der Waals surface area contributed by atoms with E-state index in [-0.39, 0.29) is 11.8 Å². The van der Waals surface area contributed by atoms with Crippen molar-refractivity contribution >= 4 is 32.7 Å². The predicted molar refractivity (Wildman–Crippen MR) is 169 cm³/mol. The minimum Gasteiger partial charge on any atom is -0.0760 e. The van der Waals surface area contributed by atoms with Gasteiger partial charge in [0.05, 0.1) is 0 Å². The van der Waals surface area contributed by atoms with Crippen LogP contribution in [0, 0.1) is 11.8 Å². The van der Waals surface area contributed by atoms with E-state index in [1.165, 1.54) is 65.4 Å². The summed E-state index contributed by atoms with van der Waals surface area (Å²) in [5.74, 6) is 0.557. The van der Waals surface area contributed by atoms with Gasteiger partial charge in [-0.05, 0) is 71.4 Å². The maximum Gasteiger partial charge on any atom is 0.0137 e. The molecule has 2 aliphatic rings. The average Bonchev–Trinajstić information content (AvgIpc) is 3.03. The Hall–Kier alpha value is -4.94. The largest absolute Gasteiger partial charge is 0.0760 e. The van der Waals surface area contributed by atoms with E-state index in [4.69, 9.17) is 0 Å². The summed E-state index contributed by atoms with van der Waals surface area (Å²) in [6, 6.07) is 49.0. The molecule has 40 heavy (non-hydrogen) atoms. The van der Waals surface area contributed by atoms with Crippen molar-refractivity contribution < 1.29 is 0 Å². The SMILES string of the molecule is C1=CC2C(c3ccccc3)=c3ccccc3=C(c3ccc(-c4ccc5ccccc5c4)c4ccccc34)C2C=C1. The third-order valence-corrected chi connectivity index (χ3v) is 8.67. The summed E-state index contributed by atoms with van der Waals surface area (Å²) in [4.78, 5) is 0. The van der Waals surface area contributed by atoms with E-state index in [0.29, 0.717) is 0 Å². The fraction of sp³-hybridized carbons (Fsp3) is 0.0500. The van der Waals surface area contributed by atoms with Gasteiger partial charge in [-0.15, -0.1) is 0 Å². The molecule has 8 rings (SSSR count). The van der Waals surface area contributed by atoms with Gasteiger partial charge < -0.3 is 0 Å². The summed E-state index contributed by atoms with van der Waals surface area (Å²) in [6.07, 6.45) is 9.25. The van der Waals surface area contributed by atoms with E-state index in [2.05, 4.69) is 158 Å². The Kier molecular flexibility index (Phi) is 5.38. The maximum atomic E-state index is 2.41. The lowest BCUT2D eigenvalue weighted by atomic mass is 9.69. The van der Waals surface area contributed by atoms with Gasteiger partial charge in [-0.2, -0.15) is 0 Å². The summed E-state index contributed by atoms with van der Waals surface area (Å²) in [6.45, 7) is 0. The summed E-state index contributed by atoms with van der Waals surface area (Å²) in [5.41, 5.74) is 8.01. The van der Waals surface area contributed by atoms with Crippen LogP contribution in [0.5, 0.6) is 0 Å². The highest BCUT2D eigenvalue weighted by Crippen LogP contribution is 2.43. The molecule has 0 spiro atoms. The van der Waals surface area contributed by atoms with Gasteiger partial charge in [0.25, 0.3) is 0 Å². The van der Waals surface area contributed by atoms with Crippen LogP contribution in [0.15, 0.2) is 158 Å². The standard InChI is InChI=1S/C40H28/c1-2-13-28(14-3-1)39-34-18-8-10-20-36(34)40(37-21-11-9-19-35(37)39)38-25-24-31(32-16-6-7-17-33(32)38)30-23-22-27-12-4-5-15-29(27)26-30/h1-26,34,36H. The first-order valence-corrected chi connectivity index (χ1v) is 14.1. The van der Waals surface area contributed by atoms with Gasteiger partial charge in [0, 0.05) is 11.8 Å². The second-order valence-electron chi connectivity index (χ2n) is 10.8. The number of benzene rings is 6. The number of rotatable bonds is 3. The molecule has 0 bridgehead atoms. The third kappa shape index (κ3) is 3.61. The second kappa shape index (κ2) is 9.36. The summed E-state index contributed by atoms with van der Waals surface area (Å²) in [5, 5.41) is 7.83. The smallest absolute Gasteiger partial charge is 0.0137 e. The Morgan fingerprint density at radius 2 is 0.950 bits per heavy atom. The average molecular weight is 509 g/mol. The van der Waals surface area contributed by atoms with Gasteiger partial charge in [0.15, 0.2) is 0 Å². The normalized spacial score (nSPS) is 17.7. The molecule has 0 N–H and O–H groups in total. The second-order valence-corrected chi connectivity index (χ2v) is 10.8. The molecule has 0 nitrogen and oxygen atoms in total. The monoisotopic (exact) mass is 508 g/mol. The molecule has 6 aromatic rings. The fourth-order valence-corrected chi connectivity index (χ4v) is 6.90. The van der Waals surface area contributed by atoms with E-state index in [0.717, 1.165) is 0 Å². The van der Waals surface area contributed by atoms with Crippen LogP contribution in [0.4, 0.5) is 0 Å². The minimum absolute atomic E-state index is 0.269. The third-order valence-electron chi connectivity index (χ3n) is 8.67. The van der Waals surface area contributed by atoms with Crippen molar-refractivity contribution in [2.75, 3.05) is 0 Å². The molecule has 0 saturated carbocycles. The first-order chi connectivity index (χ1) is 19.9. The number of hydrogen-bond acceptors (Lipinski definition) is 0. The van der Waals surface area contributed by atoms with E-state index < -0.39 is 0 Å².